The third-order valence-electron chi connectivity index (χ3n) is 5.19. The van der Waals surface area contributed by atoms with E-state index >= 15 is 0 Å². The van der Waals surface area contributed by atoms with E-state index in [9.17, 15) is 4.79 Å². The minimum absolute atomic E-state index is 0.298. The highest BCUT2D eigenvalue weighted by Crippen LogP contribution is 2.33. The lowest BCUT2D eigenvalue weighted by molar-refractivity contribution is -0.134. The predicted octanol–water partition coefficient (Wildman–Crippen LogP) is 3.09. The topological polar surface area (TPSA) is 32.8 Å². The minimum atomic E-state index is 0.298. The zero-order chi connectivity index (χ0) is 16.2. The Labute approximate surface area is 139 Å². The molecule has 0 radical (unpaired) electrons. The minimum Gasteiger partial charge on any atom is -0.497 e. The first-order chi connectivity index (χ1) is 11.2. The summed E-state index contributed by atoms with van der Waals surface area (Å²) in [6, 6.07) is 8.62. The van der Waals surface area contributed by atoms with E-state index in [2.05, 4.69) is 28.9 Å². The van der Waals surface area contributed by atoms with Crippen molar-refractivity contribution in [1.82, 2.24) is 9.80 Å². The number of ether oxygens (including phenoxy) is 1. The fourth-order valence-corrected chi connectivity index (χ4v) is 3.93. The molecule has 0 saturated carbocycles. The van der Waals surface area contributed by atoms with Gasteiger partial charge in [-0.25, -0.2) is 0 Å². The standard InChI is InChI=1S/C19H28N2O2/c1-15-6-4-11-21(13-15)19(22)14-20-10-5-9-18(20)16-7-3-8-17(12-16)23-2/h3,7-8,12,15,18H,4-6,9-11,13-14H2,1-2H3/t15-,18+/m1/s1. The maximum Gasteiger partial charge on any atom is 0.236 e. The fourth-order valence-electron chi connectivity index (χ4n) is 3.93. The second-order valence-electron chi connectivity index (χ2n) is 6.99. The summed E-state index contributed by atoms with van der Waals surface area (Å²) < 4.78 is 5.34. The number of benzene rings is 1. The summed E-state index contributed by atoms with van der Waals surface area (Å²) >= 11 is 0. The van der Waals surface area contributed by atoms with Gasteiger partial charge in [-0.05, 0) is 55.8 Å². The van der Waals surface area contributed by atoms with Crippen molar-refractivity contribution >= 4 is 5.91 Å². The van der Waals surface area contributed by atoms with Crippen LogP contribution in [-0.4, -0.2) is 49.0 Å². The molecular weight excluding hydrogens is 288 g/mol. The number of methoxy groups -OCH3 is 1. The maximum absolute atomic E-state index is 12.7. The summed E-state index contributed by atoms with van der Waals surface area (Å²) in [5.74, 6) is 1.83. The van der Waals surface area contributed by atoms with Crippen molar-refractivity contribution in [2.24, 2.45) is 5.92 Å². The Morgan fingerprint density at radius 1 is 1.26 bits per heavy atom. The quantitative estimate of drug-likeness (QED) is 0.856. The van der Waals surface area contributed by atoms with Gasteiger partial charge in [0, 0.05) is 19.1 Å². The summed E-state index contributed by atoms with van der Waals surface area (Å²) in [6.45, 7) is 5.66. The van der Waals surface area contributed by atoms with Gasteiger partial charge in [0.05, 0.1) is 13.7 Å². The Kier molecular flexibility index (Phi) is 5.21. The number of rotatable bonds is 4. The van der Waals surface area contributed by atoms with Crippen molar-refractivity contribution in [3.05, 3.63) is 29.8 Å². The number of amides is 1. The second kappa shape index (κ2) is 7.35. The molecule has 0 spiro atoms. The molecule has 3 rings (SSSR count). The number of hydrogen-bond acceptors (Lipinski definition) is 3. The van der Waals surface area contributed by atoms with Crippen molar-refractivity contribution in [3.63, 3.8) is 0 Å². The Morgan fingerprint density at radius 3 is 2.87 bits per heavy atom. The molecule has 4 nitrogen and oxygen atoms in total. The summed E-state index contributed by atoms with van der Waals surface area (Å²) in [4.78, 5) is 17.1. The predicted molar refractivity (Wildman–Crippen MR) is 91.5 cm³/mol. The van der Waals surface area contributed by atoms with Gasteiger partial charge in [0.15, 0.2) is 0 Å². The molecule has 0 N–H and O–H groups in total. The molecule has 0 unspecified atom stereocenters. The van der Waals surface area contributed by atoms with Crippen molar-refractivity contribution < 1.29 is 9.53 Å². The Hall–Kier alpha value is -1.55. The van der Waals surface area contributed by atoms with Crippen molar-refractivity contribution in [2.45, 2.75) is 38.6 Å². The van der Waals surface area contributed by atoms with E-state index in [0.717, 1.165) is 44.6 Å². The number of likely N-dealkylation sites (tertiary alicyclic amines) is 2. The van der Waals surface area contributed by atoms with Gasteiger partial charge >= 0.3 is 0 Å². The maximum atomic E-state index is 12.7. The SMILES string of the molecule is COc1cccc([C@@H]2CCCN2CC(=O)N2CCC[C@@H](C)C2)c1. The van der Waals surface area contributed by atoms with Gasteiger partial charge in [-0.2, -0.15) is 0 Å². The van der Waals surface area contributed by atoms with Gasteiger partial charge in [0.2, 0.25) is 5.91 Å². The van der Waals surface area contributed by atoms with E-state index in [4.69, 9.17) is 4.74 Å². The summed E-state index contributed by atoms with van der Waals surface area (Å²) in [5.41, 5.74) is 1.27. The zero-order valence-electron chi connectivity index (χ0n) is 14.3. The molecule has 4 heteroatoms. The van der Waals surface area contributed by atoms with Crippen LogP contribution in [0.4, 0.5) is 0 Å². The van der Waals surface area contributed by atoms with Crippen molar-refractivity contribution in [3.8, 4) is 5.75 Å². The summed E-state index contributed by atoms with van der Waals surface area (Å²) in [5, 5.41) is 0. The highest BCUT2D eigenvalue weighted by Gasteiger charge is 2.30. The first-order valence-corrected chi connectivity index (χ1v) is 8.83. The van der Waals surface area contributed by atoms with Crippen LogP contribution in [0.5, 0.6) is 5.75 Å². The number of carbonyl (C=O) groups excluding carboxylic acids is 1. The Bertz CT molecular complexity index is 546. The van der Waals surface area contributed by atoms with Gasteiger partial charge in [-0.1, -0.05) is 19.1 Å². The van der Waals surface area contributed by atoms with Crippen LogP contribution < -0.4 is 4.74 Å². The molecule has 23 heavy (non-hydrogen) atoms. The fraction of sp³-hybridized carbons (Fsp3) is 0.632. The van der Waals surface area contributed by atoms with Crippen LogP contribution in [0, 0.1) is 5.92 Å². The monoisotopic (exact) mass is 316 g/mol. The Balaban J connectivity index is 1.65. The van der Waals surface area contributed by atoms with Crippen molar-refractivity contribution in [1.29, 1.82) is 0 Å². The Morgan fingerprint density at radius 2 is 2.09 bits per heavy atom. The number of hydrogen-bond donors (Lipinski definition) is 0. The van der Waals surface area contributed by atoms with Crippen LogP contribution in [0.25, 0.3) is 0 Å². The number of carbonyl (C=O) groups is 1. The smallest absolute Gasteiger partial charge is 0.236 e. The lowest BCUT2D eigenvalue weighted by atomic mass is 10.00. The van der Waals surface area contributed by atoms with Gasteiger partial charge in [0.25, 0.3) is 0 Å². The average Bonchev–Trinajstić information content (AvgIpc) is 3.03. The summed E-state index contributed by atoms with van der Waals surface area (Å²) in [6.07, 6.45) is 4.68. The molecule has 0 aromatic heterocycles. The van der Waals surface area contributed by atoms with E-state index in [1.54, 1.807) is 7.11 Å². The molecule has 2 fully saturated rings. The molecule has 1 aromatic carbocycles. The molecule has 2 heterocycles. The van der Waals surface area contributed by atoms with Crippen LogP contribution >= 0.6 is 0 Å². The molecular formula is C19H28N2O2. The first kappa shape index (κ1) is 16.3. The number of nitrogens with zero attached hydrogens (tertiary/aromatic N) is 2. The van der Waals surface area contributed by atoms with Crippen LogP contribution in [0.15, 0.2) is 24.3 Å². The van der Waals surface area contributed by atoms with E-state index < -0.39 is 0 Å². The largest absolute Gasteiger partial charge is 0.497 e. The first-order valence-electron chi connectivity index (χ1n) is 8.83. The van der Waals surface area contributed by atoms with E-state index in [0.29, 0.717) is 24.4 Å². The molecule has 2 saturated heterocycles. The normalized spacial score (nSPS) is 25.6. The van der Waals surface area contributed by atoms with Crippen LogP contribution in [0.1, 0.15) is 44.2 Å². The number of piperidine rings is 1. The zero-order valence-corrected chi connectivity index (χ0v) is 14.3. The van der Waals surface area contributed by atoms with E-state index in [1.165, 1.54) is 12.0 Å². The molecule has 0 bridgehead atoms. The van der Waals surface area contributed by atoms with Crippen molar-refractivity contribution in [2.75, 3.05) is 33.3 Å². The highest BCUT2D eigenvalue weighted by atomic mass is 16.5. The van der Waals surface area contributed by atoms with Crippen LogP contribution in [0.3, 0.4) is 0 Å². The molecule has 2 atom stereocenters. The highest BCUT2D eigenvalue weighted by molar-refractivity contribution is 5.78. The average molecular weight is 316 g/mol. The van der Waals surface area contributed by atoms with E-state index in [-0.39, 0.29) is 0 Å². The van der Waals surface area contributed by atoms with Crippen LogP contribution in [0.2, 0.25) is 0 Å². The van der Waals surface area contributed by atoms with Gasteiger partial charge in [-0.15, -0.1) is 0 Å². The molecule has 0 aliphatic carbocycles. The molecule has 1 aromatic rings. The van der Waals surface area contributed by atoms with E-state index in [1.807, 2.05) is 12.1 Å². The molecule has 2 aliphatic rings. The third-order valence-corrected chi connectivity index (χ3v) is 5.19. The third kappa shape index (κ3) is 3.86. The second-order valence-corrected chi connectivity index (χ2v) is 6.99. The molecule has 126 valence electrons. The van der Waals surface area contributed by atoms with Crippen LogP contribution in [-0.2, 0) is 4.79 Å². The lowest BCUT2D eigenvalue weighted by Crippen LogP contribution is -2.44. The van der Waals surface area contributed by atoms with Gasteiger partial charge in [-0.3, -0.25) is 9.69 Å². The lowest BCUT2D eigenvalue weighted by Gasteiger charge is -2.33. The van der Waals surface area contributed by atoms with Gasteiger partial charge < -0.3 is 9.64 Å². The molecule has 2 aliphatic heterocycles. The molecule has 1 amide bonds. The summed E-state index contributed by atoms with van der Waals surface area (Å²) in [7, 11) is 1.70. The van der Waals surface area contributed by atoms with Gasteiger partial charge in [0.1, 0.15) is 5.75 Å².